The third-order valence-electron chi connectivity index (χ3n) is 4.00. The highest BCUT2D eigenvalue weighted by molar-refractivity contribution is 5.19. The van der Waals surface area contributed by atoms with Crippen molar-refractivity contribution >= 4 is 0 Å². The van der Waals surface area contributed by atoms with E-state index in [0.717, 1.165) is 31.4 Å². The highest BCUT2D eigenvalue weighted by atomic mass is 19.2. The molecule has 2 unspecified atom stereocenters. The van der Waals surface area contributed by atoms with Gasteiger partial charge in [-0.1, -0.05) is 0 Å². The number of benzene rings is 1. The van der Waals surface area contributed by atoms with Crippen molar-refractivity contribution in [2.24, 2.45) is 0 Å². The molecule has 0 amide bonds. The van der Waals surface area contributed by atoms with Gasteiger partial charge in [-0.15, -0.1) is 0 Å². The van der Waals surface area contributed by atoms with Crippen LogP contribution in [0.4, 0.5) is 13.2 Å². The van der Waals surface area contributed by atoms with E-state index in [2.05, 4.69) is 14.9 Å². The molecule has 112 valence electrons. The Kier molecular flexibility index (Phi) is 3.96. The smallest absolute Gasteiger partial charge is 0.194 e. The van der Waals surface area contributed by atoms with E-state index in [1.165, 1.54) is 0 Å². The largest absolute Gasteiger partial charge is 0.333 e. The third kappa shape index (κ3) is 2.95. The Balaban J connectivity index is 1.67. The molecule has 3 nitrogen and oxygen atoms in total. The first-order chi connectivity index (χ1) is 10.1. The number of nitrogens with one attached hydrogen (secondary N) is 1. The Morgan fingerprint density at radius 2 is 1.95 bits per heavy atom. The molecule has 21 heavy (non-hydrogen) atoms. The van der Waals surface area contributed by atoms with Crippen LogP contribution in [0.25, 0.3) is 0 Å². The highest BCUT2D eigenvalue weighted by Gasteiger charge is 2.27. The molecule has 1 aromatic heterocycles. The average molecular weight is 295 g/mol. The van der Waals surface area contributed by atoms with Crippen molar-refractivity contribution in [3.05, 3.63) is 53.9 Å². The molecule has 1 aliphatic rings. The molecule has 1 heterocycles. The monoisotopic (exact) mass is 295 g/mol. The number of rotatable bonds is 4. The Labute approximate surface area is 120 Å². The molecule has 3 rings (SSSR count). The van der Waals surface area contributed by atoms with Crippen molar-refractivity contribution in [1.29, 1.82) is 0 Å². The molecule has 6 heteroatoms. The minimum Gasteiger partial charge on any atom is -0.333 e. The topological polar surface area (TPSA) is 29.9 Å². The van der Waals surface area contributed by atoms with Crippen LogP contribution < -0.4 is 5.32 Å². The lowest BCUT2D eigenvalue weighted by molar-refractivity contribution is 0.388. The maximum absolute atomic E-state index is 13.2. The molecule has 1 fully saturated rings. The quantitative estimate of drug-likeness (QED) is 0.878. The van der Waals surface area contributed by atoms with E-state index >= 15 is 0 Å². The first-order valence-corrected chi connectivity index (χ1v) is 6.99. The van der Waals surface area contributed by atoms with E-state index in [0.29, 0.717) is 18.2 Å². The number of aromatic nitrogens is 2. The van der Waals surface area contributed by atoms with Crippen molar-refractivity contribution in [2.45, 2.75) is 37.9 Å². The van der Waals surface area contributed by atoms with E-state index in [-0.39, 0.29) is 6.04 Å². The van der Waals surface area contributed by atoms with Crippen LogP contribution >= 0.6 is 0 Å². The van der Waals surface area contributed by atoms with Crippen LogP contribution in [0.3, 0.4) is 0 Å². The van der Waals surface area contributed by atoms with E-state index in [9.17, 15) is 13.2 Å². The number of hydrogen-bond donors (Lipinski definition) is 1. The van der Waals surface area contributed by atoms with Crippen molar-refractivity contribution in [3.8, 4) is 0 Å². The van der Waals surface area contributed by atoms with Crippen LogP contribution in [0.5, 0.6) is 0 Å². The van der Waals surface area contributed by atoms with E-state index < -0.39 is 17.5 Å². The maximum Gasteiger partial charge on any atom is 0.194 e. The fourth-order valence-corrected chi connectivity index (χ4v) is 2.96. The SMILES string of the molecule is Fc1cc(CNC2CCCC2n2ccnc2)cc(F)c1F. The Morgan fingerprint density at radius 1 is 1.19 bits per heavy atom. The molecule has 1 N–H and O–H groups in total. The van der Waals surface area contributed by atoms with Gasteiger partial charge in [0.2, 0.25) is 0 Å². The number of imidazole rings is 1. The van der Waals surface area contributed by atoms with Gasteiger partial charge in [-0.3, -0.25) is 0 Å². The van der Waals surface area contributed by atoms with Crippen molar-refractivity contribution in [1.82, 2.24) is 14.9 Å². The molecule has 0 aliphatic heterocycles. The van der Waals surface area contributed by atoms with E-state index in [1.54, 1.807) is 12.5 Å². The summed E-state index contributed by atoms with van der Waals surface area (Å²) in [6, 6.07) is 2.58. The molecule has 1 aliphatic carbocycles. The lowest BCUT2D eigenvalue weighted by atomic mass is 10.1. The van der Waals surface area contributed by atoms with Crippen LogP contribution in [0.2, 0.25) is 0 Å². The Hall–Kier alpha value is -1.82. The van der Waals surface area contributed by atoms with Gasteiger partial charge in [-0.2, -0.15) is 0 Å². The predicted molar refractivity (Wildman–Crippen MR) is 72.1 cm³/mol. The minimum absolute atomic E-state index is 0.218. The zero-order chi connectivity index (χ0) is 14.8. The normalized spacial score (nSPS) is 21.9. The Bertz CT molecular complexity index is 590. The summed E-state index contributed by atoms with van der Waals surface area (Å²) in [7, 11) is 0. The van der Waals surface area contributed by atoms with Gasteiger partial charge >= 0.3 is 0 Å². The molecule has 2 aromatic rings. The summed E-state index contributed by atoms with van der Waals surface area (Å²) >= 11 is 0. The fraction of sp³-hybridized carbons (Fsp3) is 0.400. The lowest BCUT2D eigenvalue weighted by Crippen LogP contribution is -2.33. The number of nitrogens with zero attached hydrogens (tertiary/aromatic N) is 2. The van der Waals surface area contributed by atoms with Gasteiger partial charge in [0.25, 0.3) is 0 Å². The van der Waals surface area contributed by atoms with Crippen LogP contribution in [-0.4, -0.2) is 15.6 Å². The Morgan fingerprint density at radius 3 is 2.62 bits per heavy atom. The molecule has 0 spiro atoms. The molecule has 1 aromatic carbocycles. The van der Waals surface area contributed by atoms with Crippen molar-refractivity contribution < 1.29 is 13.2 Å². The zero-order valence-corrected chi connectivity index (χ0v) is 11.4. The molecular weight excluding hydrogens is 279 g/mol. The van der Waals surface area contributed by atoms with E-state index in [1.807, 2.05) is 6.20 Å². The van der Waals surface area contributed by atoms with Gasteiger partial charge in [0.05, 0.1) is 6.33 Å². The average Bonchev–Trinajstić information content (AvgIpc) is 3.12. The lowest BCUT2D eigenvalue weighted by Gasteiger charge is -2.22. The van der Waals surface area contributed by atoms with Gasteiger partial charge in [-0.25, -0.2) is 18.2 Å². The molecule has 0 bridgehead atoms. The molecule has 1 saturated carbocycles. The van der Waals surface area contributed by atoms with Crippen LogP contribution in [0.15, 0.2) is 30.9 Å². The van der Waals surface area contributed by atoms with Gasteiger partial charge in [0.15, 0.2) is 17.5 Å². The van der Waals surface area contributed by atoms with E-state index in [4.69, 9.17) is 0 Å². The van der Waals surface area contributed by atoms with Gasteiger partial charge in [0, 0.05) is 31.0 Å². The van der Waals surface area contributed by atoms with Gasteiger partial charge in [0.1, 0.15) is 0 Å². The summed E-state index contributed by atoms with van der Waals surface area (Å²) in [5, 5.41) is 3.31. The van der Waals surface area contributed by atoms with Gasteiger partial charge in [-0.05, 0) is 37.0 Å². The van der Waals surface area contributed by atoms with Crippen molar-refractivity contribution in [3.63, 3.8) is 0 Å². The number of halogens is 3. The summed E-state index contributed by atoms with van der Waals surface area (Å²) in [5.41, 5.74) is 0.405. The number of hydrogen-bond acceptors (Lipinski definition) is 2. The molecular formula is C15H16F3N3. The first kappa shape index (κ1) is 14.1. The molecule has 2 atom stereocenters. The second-order valence-corrected chi connectivity index (χ2v) is 5.37. The zero-order valence-electron chi connectivity index (χ0n) is 11.4. The van der Waals surface area contributed by atoms with Crippen molar-refractivity contribution in [2.75, 3.05) is 0 Å². The predicted octanol–water partition coefficient (Wildman–Crippen LogP) is 3.18. The summed E-state index contributed by atoms with van der Waals surface area (Å²) in [4.78, 5) is 4.05. The van der Waals surface area contributed by atoms with Crippen LogP contribution in [-0.2, 0) is 6.54 Å². The summed E-state index contributed by atoms with van der Waals surface area (Å²) in [6.45, 7) is 0.310. The first-order valence-electron chi connectivity index (χ1n) is 6.99. The summed E-state index contributed by atoms with van der Waals surface area (Å²) in [5.74, 6) is -3.72. The second kappa shape index (κ2) is 5.89. The summed E-state index contributed by atoms with van der Waals surface area (Å²) < 4.78 is 41.3. The standard InChI is InChI=1S/C15H16F3N3/c16-11-6-10(7-12(17)15(11)18)8-20-13-2-1-3-14(13)21-5-4-19-9-21/h4-7,9,13-14,20H,1-3,8H2. The maximum atomic E-state index is 13.2. The minimum atomic E-state index is -1.42. The summed E-state index contributed by atoms with van der Waals surface area (Å²) in [6.07, 6.45) is 8.56. The van der Waals surface area contributed by atoms with Gasteiger partial charge < -0.3 is 9.88 Å². The van der Waals surface area contributed by atoms with Crippen LogP contribution in [0.1, 0.15) is 30.9 Å². The second-order valence-electron chi connectivity index (χ2n) is 5.37. The fourth-order valence-electron chi connectivity index (χ4n) is 2.96. The highest BCUT2D eigenvalue weighted by Crippen LogP contribution is 2.30. The third-order valence-corrected chi connectivity index (χ3v) is 4.00. The molecule has 0 saturated heterocycles. The van der Waals surface area contributed by atoms with Crippen LogP contribution in [0, 0.1) is 17.5 Å². The molecule has 0 radical (unpaired) electrons.